The molecule has 3 aromatic rings. The second kappa shape index (κ2) is 13.1. The number of hydrogen-bond acceptors (Lipinski definition) is 3. The third kappa shape index (κ3) is 7.70. The highest BCUT2D eigenvalue weighted by Gasteiger charge is 2.48. The SMILES string of the molecule is C=C1/C=C(F)\C=C/CNC=C1C(C(=O)N[C@@H](Cc1cc(F)cc(F)c1)c1ncccc1-c1ccc(Cl)cc1)C(F)(F)F. The number of alkyl halides is 3. The molecule has 1 aliphatic rings. The van der Waals surface area contributed by atoms with Gasteiger partial charge in [-0.15, -0.1) is 0 Å². The van der Waals surface area contributed by atoms with E-state index in [1.807, 2.05) is 0 Å². The maximum absolute atomic E-state index is 14.5. The second-order valence-corrected chi connectivity index (χ2v) is 9.86. The van der Waals surface area contributed by atoms with Crippen LogP contribution in [0.25, 0.3) is 11.1 Å². The maximum Gasteiger partial charge on any atom is 0.404 e. The van der Waals surface area contributed by atoms with Gasteiger partial charge >= 0.3 is 6.18 Å². The summed E-state index contributed by atoms with van der Waals surface area (Å²) >= 11 is 6.01. The Morgan fingerprint density at radius 2 is 1.76 bits per heavy atom. The minimum atomic E-state index is -5.12. The Hall–Kier alpha value is -4.31. The molecule has 0 saturated heterocycles. The number of nitrogens with zero attached hydrogens (tertiary/aromatic N) is 1. The molecule has 11 heteroatoms. The van der Waals surface area contributed by atoms with Crippen LogP contribution in [0.1, 0.15) is 17.3 Å². The minimum absolute atomic E-state index is 0.00359. The van der Waals surface area contributed by atoms with Crippen LogP contribution in [0.15, 0.2) is 109 Å². The fourth-order valence-corrected chi connectivity index (χ4v) is 4.66. The van der Waals surface area contributed by atoms with Gasteiger partial charge in [-0.2, -0.15) is 13.2 Å². The Balaban J connectivity index is 1.79. The smallest absolute Gasteiger partial charge is 0.387 e. The van der Waals surface area contributed by atoms with Crippen LogP contribution in [0.2, 0.25) is 5.02 Å². The molecule has 218 valence electrons. The van der Waals surface area contributed by atoms with E-state index in [-0.39, 0.29) is 29.8 Å². The summed E-state index contributed by atoms with van der Waals surface area (Å²) in [7, 11) is 0. The van der Waals surface area contributed by atoms with Crippen molar-refractivity contribution in [1.82, 2.24) is 15.6 Å². The Morgan fingerprint density at radius 3 is 2.43 bits per heavy atom. The topological polar surface area (TPSA) is 54.0 Å². The number of halogens is 7. The lowest BCUT2D eigenvalue weighted by Crippen LogP contribution is -2.43. The van der Waals surface area contributed by atoms with Gasteiger partial charge in [0.05, 0.1) is 11.7 Å². The molecule has 1 amide bonds. The number of amides is 1. The van der Waals surface area contributed by atoms with Crippen molar-refractivity contribution in [2.45, 2.75) is 18.6 Å². The van der Waals surface area contributed by atoms with Crippen LogP contribution in [0, 0.1) is 17.6 Å². The molecule has 1 aliphatic heterocycles. The van der Waals surface area contributed by atoms with Crippen molar-refractivity contribution >= 4 is 17.5 Å². The predicted octanol–water partition coefficient (Wildman–Crippen LogP) is 7.71. The number of aromatic nitrogens is 1. The van der Waals surface area contributed by atoms with Crippen molar-refractivity contribution in [3.8, 4) is 11.1 Å². The molecule has 42 heavy (non-hydrogen) atoms. The zero-order chi connectivity index (χ0) is 30.4. The molecule has 0 saturated carbocycles. The number of nitrogens with one attached hydrogen (secondary N) is 2. The van der Waals surface area contributed by atoms with E-state index in [0.29, 0.717) is 22.2 Å². The van der Waals surface area contributed by atoms with Crippen LogP contribution in [0.4, 0.5) is 26.3 Å². The van der Waals surface area contributed by atoms with E-state index in [1.54, 1.807) is 36.4 Å². The van der Waals surface area contributed by atoms with E-state index in [2.05, 4.69) is 22.2 Å². The summed E-state index contributed by atoms with van der Waals surface area (Å²) in [4.78, 5) is 17.9. The largest absolute Gasteiger partial charge is 0.404 e. The Labute approximate surface area is 243 Å². The third-order valence-electron chi connectivity index (χ3n) is 6.36. The van der Waals surface area contributed by atoms with Gasteiger partial charge < -0.3 is 10.6 Å². The van der Waals surface area contributed by atoms with E-state index in [0.717, 1.165) is 30.5 Å². The lowest BCUT2D eigenvalue weighted by atomic mass is 9.90. The number of hydrogen-bond donors (Lipinski definition) is 2. The summed E-state index contributed by atoms with van der Waals surface area (Å²) in [5, 5.41) is 5.45. The predicted molar refractivity (Wildman–Crippen MR) is 149 cm³/mol. The van der Waals surface area contributed by atoms with E-state index in [1.165, 1.54) is 12.3 Å². The highest BCUT2D eigenvalue weighted by atomic mass is 35.5. The van der Waals surface area contributed by atoms with Gasteiger partial charge in [0, 0.05) is 35.6 Å². The molecular weight excluding hydrogens is 580 g/mol. The van der Waals surface area contributed by atoms with Crippen LogP contribution in [0.3, 0.4) is 0 Å². The molecule has 1 unspecified atom stereocenters. The highest BCUT2D eigenvalue weighted by Crippen LogP contribution is 2.37. The van der Waals surface area contributed by atoms with Crippen molar-refractivity contribution in [2.75, 3.05) is 6.54 Å². The summed E-state index contributed by atoms with van der Waals surface area (Å²) in [5.41, 5.74) is 0.279. The van der Waals surface area contributed by atoms with Gasteiger partial charge in [-0.25, -0.2) is 13.2 Å². The minimum Gasteiger partial charge on any atom is -0.387 e. The molecule has 0 bridgehead atoms. The van der Waals surface area contributed by atoms with Gasteiger partial charge in [0.1, 0.15) is 17.5 Å². The summed E-state index contributed by atoms with van der Waals surface area (Å²) < 4.78 is 85.8. The van der Waals surface area contributed by atoms with E-state index in [4.69, 9.17) is 11.6 Å². The molecule has 0 fully saturated rings. The quantitative estimate of drug-likeness (QED) is 0.272. The second-order valence-electron chi connectivity index (χ2n) is 9.43. The van der Waals surface area contributed by atoms with Crippen LogP contribution in [-0.2, 0) is 11.2 Å². The average Bonchev–Trinajstić information content (AvgIpc) is 2.98. The molecule has 4 rings (SSSR count). The molecule has 2 N–H and O–H groups in total. The third-order valence-corrected chi connectivity index (χ3v) is 6.61. The molecule has 2 aromatic carbocycles. The first-order chi connectivity index (χ1) is 19.9. The van der Waals surface area contributed by atoms with Crippen molar-refractivity contribution in [1.29, 1.82) is 0 Å². The first kappa shape index (κ1) is 30.6. The average molecular weight is 604 g/mol. The maximum atomic E-state index is 14.5. The lowest BCUT2D eigenvalue weighted by Gasteiger charge is -2.27. The highest BCUT2D eigenvalue weighted by molar-refractivity contribution is 6.30. The number of rotatable bonds is 7. The summed E-state index contributed by atoms with van der Waals surface area (Å²) in [6.45, 7) is 3.54. The molecule has 1 aromatic heterocycles. The zero-order valence-electron chi connectivity index (χ0n) is 21.9. The van der Waals surface area contributed by atoms with E-state index < -0.39 is 47.1 Å². The van der Waals surface area contributed by atoms with Crippen molar-refractivity contribution in [3.05, 3.63) is 137 Å². The number of carbonyl (C=O) groups excluding carboxylic acids is 1. The zero-order valence-corrected chi connectivity index (χ0v) is 22.6. The van der Waals surface area contributed by atoms with Gasteiger partial charge in [-0.05, 0) is 71.2 Å². The first-order valence-electron chi connectivity index (χ1n) is 12.6. The monoisotopic (exact) mass is 603 g/mol. The van der Waals surface area contributed by atoms with E-state index in [9.17, 15) is 31.1 Å². The molecule has 0 aliphatic carbocycles. The van der Waals surface area contributed by atoms with Crippen molar-refractivity contribution in [3.63, 3.8) is 0 Å². The molecule has 2 heterocycles. The van der Waals surface area contributed by atoms with Gasteiger partial charge in [0.25, 0.3) is 0 Å². The molecule has 0 spiro atoms. The van der Waals surface area contributed by atoms with E-state index >= 15 is 0 Å². The van der Waals surface area contributed by atoms with Gasteiger partial charge in [-0.1, -0.05) is 42.5 Å². The number of allylic oxidation sites excluding steroid dienone is 4. The molecule has 2 atom stereocenters. The van der Waals surface area contributed by atoms with Crippen LogP contribution in [0.5, 0.6) is 0 Å². The number of carbonyl (C=O) groups is 1. The first-order valence-corrected chi connectivity index (χ1v) is 13.0. The summed E-state index contributed by atoms with van der Waals surface area (Å²) in [6, 6.07) is 11.2. The normalized spacial score (nSPS) is 17.4. The lowest BCUT2D eigenvalue weighted by molar-refractivity contribution is -0.174. The number of benzene rings is 2. The van der Waals surface area contributed by atoms with Crippen LogP contribution < -0.4 is 10.6 Å². The summed E-state index contributed by atoms with van der Waals surface area (Å²) in [6.07, 6.45) is 0.140. The standard InChI is InChI=1S/C31H24ClF6N3O/c1-18-12-22(33)4-2-10-39-17-26(18)28(31(36,37)38)30(42)41-27(15-19-13-23(34)16-24(35)14-19)29-25(5-3-11-40-29)20-6-8-21(32)9-7-20/h2-9,11-14,16-17,27-28,39H,1,10,15H2,(H,41,42)/b4-2-,22-12+,26-17?/t27-,28?/m0/s1. The van der Waals surface area contributed by atoms with Crippen molar-refractivity contribution in [2.24, 2.45) is 5.92 Å². The fourth-order valence-electron chi connectivity index (χ4n) is 4.54. The van der Waals surface area contributed by atoms with Crippen LogP contribution in [-0.4, -0.2) is 23.6 Å². The molecule has 0 radical (unpaired) electrons. The molecule has 4 nitrogen and oxygen atoms in total. The summed E-state index contributed by atoms with van der Waals surface area (Å²) in [5.74, 6) is -6.91. The molecular formula is C31H24ClF6N3O. The van der Waals surface area contributed by atoms with Crippen LogP contribution >= 0.6 is 11.6 Å². The number of pyridine rings is 1. The van der Waals surface area contributed by atoms with Gasteiger partial charge in [-0.3, -0.25) is 9.78 Å². The van der Waals surface area contributed by atoms with Gasteiger partial charge in [0.15, 0.2) is 5.92 Å². The fraction of sp³-hybridized carbons (Fsp3) is 0.161. The Bertz CT molecular complexity index is 1540. The Kier molecular flexibility index (Phi) is 9.57. The Morgan fingerprint density at radius 1 is 1.07 bits per heavy atom. The van der Waals surface area contributed by atoms with Crippen molar-refractivity contribution < 1.29 is 31.1 Å². The van der Waals surface area contributed by atoms with Gasteiger partial charge in [0.2, 0.25) is 5.91 Å².